The van der Waals surface area contributed by atoms with Crippen molar-refractivity contribution in [2.24, 2.45) is 0 Å². The molecule has 0 saturated heterocycles. The zero-order valence-corrected chi connectivity index (χ0v) is 22.9. The number of ether oxygens (including phenoxy) is 3. The molecule has 0 unspecified atom stereocenters. The number of nitrogen functional groups attached to an aromatic ring is 1. The number of aromatic nitrogens is 3. The van der Waals surface area contributed by atoms with Gasteiger partial charge in [0.1, 0.15) is 23.7 Å². The fraction of sp³-hybridized carbons (Fsp3) is 0.370. The van der Waals surface area contributed by atoms with Gasteiger partial charge in [0.2, 0.25) is 0 Å². The maximum atomic E-state index is 13.3. The quantitative estimate of drug-likeness (QED) is 0.256. The minimum absolute atomic E-state index is 0.0694. The molecule has 13 nitrogen and oxygen atoms in total. The van der Waals surface area contributed by atoms with E-state index in [2.05, 4.69) is 20.3 Å². The van der Waals surface area contributed by atoms with E-state index in [0.29, 0.717) is 22.6 Å². The number of benzene rings is 1. The van der Waals surface area contributed by atoms with Gasteiger partial charge in [-0.25, -0.2) is 14.8 Å². The number of amides is 2. The fourth-order valence-electron chi connectivity index (χ4n) is 3.46. The number of aliphatic hydroxyl groups is 1. The van der Waals surface area contributed by atoms with Gasteiger partial charge < -0.3 is 40.4 Å². The van der Waals surface area contributed by atoms with E-state index in [1.807, 2.05) is 0 Å². The number of anilines is 2. The third-order valence-corrected chi connectivity index (χ3v) is 5.20. The van der Waals surface area contributed by atoms with Crippen LogP contribution in [-0.2, 0) is 16.0 Å². The topological polar surface area (TPSA) is 182 Å². The van der Waals surface area contributed by atoms with Gasteiger partial charge in [0.05, 0.1) is 50.1 Å². The predicted molar refractivity (Wildman–Crippen MR) is 147 cm³/mol. The van der Waals surface area contributed by atoms with E-state index in [9.17, 15) is 14.7 Å². The highest BCUT2D eigenvalue weighted by Crippen LogP contribution is 2.31. The first-order chi connectivity index (χ1) is 19.0. The van der Waals surface area contributed by atoms with Crippen LogP contribution in [0.15, 0.2) is 42.9 Å². The minimum atomic E-state index is -0.672. The molecule has 0 aliphatic rings. The Hall–Kier alpha value is -4.49. The molecular formula is C27H34N6O7. The molecule has 0 aliphatic carbocycles. The van der Waals surface area contributed by atoms with Gasteiger partial charge >= 0.3 is 6.09 Å². The van der Waals surface area contributed by atoms with E-state index < -0.39 is 17.6 Å². The zero-order valence-electron chi connectivity index (χ0n) is 22.9. The Bertz CT molecular complexity index is 1330. The smallest absolute Gasteiger partial charge is 0.410 e. The van der Waals surface area contributed by atoms with E-state index in [0.717, 1.165) is 0 Å². The second kappa shape index (κ2) is 13.5. The van der Waals surface area contributed by atoms with Gasteiger partial charge in [-0.05, 0) is 32.9 Å². The normalized spacial score (nSPS) is 11.1. The van der Waals surface area contributed by atoms with E-state index in [1.165, 1.54) is 29.6 Å². The van der Waals surface area contributed by atoms with E-state index in [1.54, 1.807) is 46.0 Å². The van der Waals surface area contributed by atoms with Crippen LogP contribution < -0.4 is 15.8 Å². The Labute approximate surface area is 231 Å². The van der Waals surface area contributed by atoms with Crippen molar-refractivity contribution in [3.8, 4) is 22.8 Å². The number of nitrogens with zero attached hydrogens (tertiary/aromatic N) is 4. The van der Waals surface area contributed by atoms with Gasteiger partial charge in [0.15, 0.2) is 11.5 Å². The number of aliphatic hydroxyl groups excluding tert-OH is 1. The lowest BCUT2D eigenvalue weighted by Crippen LogP contribution is -2.34. The Kier molecular flexibility index (Phi) is 10.2. The second-order valence-corrected chi connectivity index (χ2v) is 9.69. The lowest BCUT2D eigenvalue weighted by atomic mass is 10.1. The number of nitrogens with one attached hydrogen (secondary N) is 1. The second-order valence-electron chi connectivity index (χ2n) is 9.69. The van der Waals surface area contributed by atoms with Crippen molar-refractivity contribution in [2.75, 3.05) is 44.5 Å². The van der Waals surface area contributed by atoms with Crippen LogP contribution in [0.5, 0.6) is 11.5 Å². The molecule has 3 aromatic rings. The first kappa shape index (κ1) is 30.1. The summed E-state index contributed by atoms with van der Waals surface area (Å²) in [6.07, 6.45) is 3.58. The molecule has 0 atom stereocenters. The van der Waals surface area contributed by atoms with Crippen molar-refractivity contribution in [3.63, 3.8) is 0 Å². The monoisotopic (exact) mass is 554 g/mol. The van der Waals surface area contributed by atoms with Gasteiger partial charge in [0.25, 0.3) is 5.91 Å². The van der Waals surface area contributed by atoms with Crippen LogP contribution in [0.2, 0.25) is 0 Å². The maximum Gasteiger partial charge on any atom is 0.410 e. The molecule has 214 valence electrons. The fourth-order valence-corrected chi connectivity index (χ4v) is 3.46. The van der Waals surface area contributed by atoms with Crippen LogP contribution in [0.1, 0.15) is 36.8 Å². The largest absolute Gasteiger partial charge is 0.506 e. The molecule has 0 saturated carbocycles. The molecule has 2 heterocycles. The number of nitrogens with two attached hydrogens (primary N) is 1. The summed E-state index contributed by atoms with van der Waals surface area (Å²) in [4.78, 5) is 39.6. The number of aromatic hydroxyl groups is 1. The van der Waals surface area contributed by atoms with E-state index in [-0.39, 0.29) is 55.9 Å². The highest BCUT2D eigenvalue weighted by atomic mass is 16.6. The highest BCUT2D eigenvalue weighted by Gasteiger charge is 2.23. The predicted octanol–water partition coefficient (Wildman–Crippen LogP) is 2.83. The number of para-hydroxylation sites is 1. The van der Waals surface area contributed by atoms with Gasteiger partial charge in [-0.2, -0.15) is 0 Å². The van der Waals surface area contributed by atoms with Gasteiger partial charge in [-0.15, -0.1) is 0 Å². The molecule has 0 aliphatic heterocycles. The molecule has 5 N–H and O–H groups in total. The molecule has 0 bridgehead atoms. The summed E-state index contributed by atoms with van der Waals surface area (Å²) in [5.41, 5.74) is 6.77. The number of hydrogen-bond donors (Lipinski definition) is 4. The van der Waals surface area contributed by atoms with Crippen molar-refractivity contribution < 1.29 is 34.0 Å². The Balaban J connectivity index is 1.88. The summed E-state index contributed by atoms with van der Waals surface area (Å²) in [7, 11) is 1.59. The van der Waals surface area contributed by atoms with Crippen molar-refractivity contribution in [1.29, 1.82) is 0 Å². The lowest BCUT2D eigenvalue weighted by molar-refractivity contribution is 0.0283. The molecule has 0 spiro atoms. The first-order valence-electron chi connectivity index (χ1n) is 12.4. The summed E-state index contributed by atoms with van der Waals surface area (Å²) in [5, 5.41) is 21.4. The minimum Gasteiger partial charge on any atom is -0.506 e. The van der Waals surface area contributed by atoms with Crippen LogP contribution in [-0.4, -0.2) is 81.1 Å². The highest BCUT2D eigenvalue weighted by molar-refractivity contribution is 6.06. The molecule has 40 heavy (non-hydrogen) atoms. The molecule has 2 aromatic heterocycles. The van der Waals surface area contributed by atoms with Gasteiger partial charge in [-0.3, -0.25) is 9.78 Å². The SMILES string of the molecule is CN(Cc1cccc(NC(=O)c2nc(-c3cncc(O)c3)cnc2N)c1OCCOCCO)C(=O)OC(C)(C)C. The Morgan fingerprint density at radius 3 is 2.60 bits per heavy atom. The van der Waals surface area contributed by atoms with Gasteiger partial charge in [-0.1, -0.05) is 12.1 Å². The number of carbonyl (C=O) groups excluding carboxylic acids is 2. The molecule has 0 fully saturated rings. The lowest BCUT2D eigenvalue weighted by Gasteiger charge is -2.25. The van der Waals surface area contributed by atoms with Crippen LogP contribution in [0.4, 0.5) is 16.3 Å². The molecule has 0 radical (unpaired) electrons. The number of hydrogen-bond acceptors (Lipinski definition) is 11. The standard InChI is InChI=1S/C27H34N6O7/c1-27(2,3)40-26(37)33(4)16-17-6-5-7-20(23(17)39-11-10-38-9-8-34)32-25(36)22-24(28)30-15-21(31-22)18-12-19(35)14-29-13-18/h5-7,12-15,34-35H,8-11,16H2,1-4H3,(H2,28,30)(H,32,36). The summed E-state index contributed by atoms with van der Waals surface area (Å²) < 4.78 is 16.7. The van der Waals surface area contributed by atoms with Crippen molar-refractivity contribution >= 4 is 23.5 Å². The van der Waals surface area contributed by atoms with Crippen LogP contribution in [0, 0.1) is 0 Å². The first-order valence-corrected chi connectivity index (χ1v) is 12.4. The summed E-state index contributed by atoms with van der Waals surface area (Å²) >= 11 is 0. The van der Waals surface area contributed by atoms with Crippen molar-refractivity contribution in [3.05, 3.63) is 54.1 Å². The van der Waals surface area contributed by atoms with Crippen LogP contribution in [0.3, 0.4) is 0 Å². The molecule has 1 aromatic carbocycles. The van der Waals surface area contributed by atoms with Crippen molar-refractivity contribution in [1.82, 2.24) is 19.9 Å². The number of pyridine rings is 1. The average Bonchev–Trinajstić information content (AvgIpc) is 2.89. The van der Waals surface area contributed by atoms with Crippen molar-refractivity contribution in [2.45, 2.75) is 32.9 Å². The number of carbonyl (C=O) groups is 2. The molecular weight excluding hydrogens is 520 g/mol. The number of rotatable bonds is 11. The molecule has 3 rings (SSSR count). The molecule has 13 heteroatoms. The average molecular weight is 555 g/mol. The van der Waals surface area contributed by atoms with Gasteiger partial charge in [0, 0.05) is 24.4 Å². The third kappa shape index (κ3) is 8.51. The summed E-state index contributed by atoms with van der Waals surface area (Å²) in [6, 6.07) is 6.52. The summed E-state index contributed by atoms with van der Waals surface area (Å²) in [6.45, 7) is 5.76. The Morgan fingerprint density at radius 1 is 1.12 bits per heavy atom. The zero-order chi connectivity index (χ0) is 29.3. The maximum absolute atomic E-state index is 13.3. The molecule has 2 amide bonds. The van der Waals surface area contributed by atoms with Crippen LogP contribution >= 0.6 is 0 Å². The van der Waals surface area contributed by atoms with Crippen LogP contribution in [0.25, 0.3) is 11.3 Å². The van der Waals surface area contributed by atoms with E-state index >= 15 is 0 Å². The summed E-state index contributed by atoms with van der Waals surface area (Å²) in [5.74, 6) is -0.521. The Morgan fingerprint density at radius 2 is 1.90 bits per heavy atom. The van der Waals surface area contributed by atoms with E-state index in [4.69, 9.17) is 25.1 Å². The third-order valence-electron chi connectivity index (χ3n) is 5.20.